The second-order valence-corrected chi connectivity index (χ2v) is 5.68. The lowest BCUT2D eigenvalue weighted by molar-refractivity contribution is -0.107. The molecule has 0 amide bonds. The summed E-state index contributed by atoms with van der Waals surface area (Å²) in [5.41, 5.74) is 0. The summed E-state index contributed by atoms with van der Waals surface area (Å²) in [5, 5.41) is 0.195. The molecule has 0 saturated carbocycles. The summed E-state index contributed by atoms with van der Waals surface area (Å²) in [4.78, 5) is 13.5. The summed E-state index contributed by atoms with van der Waals surface area (Å²) in [7, 11) is 4.05. The van der Waals surface area contributed by atoms with Gasteiger partial charge in [-0.15, -0.1) is 0 Å². The monoisotopic (exact) mass is 257 g/mol. The minimum absolute atomic E-state index is 0.195. The predicted octanol–water partition coefficient (Wildman–Crippen LogP) is 3.72. The molecule has 0 aliphatic carbocycles. The molecule has 0 aromatic carbocycles. The molecule has 0 aromatic rings. The van der Waals surface area contributed by atoms with Gasteiger partial charge >= 0.3 is 0 Å². The summed E-state index contributed by atoms with van der Waals surface area (Å²) in [5.74, 6) is 0.882. The molecule has 0 radical (unpaired) electrons. The van der Waals surface area contributed by atoms with Gasteiger partial charge in [-0.1, -0.05) is 50.4 Å². The van der Waals surface area contributed by atoms with Crippen LogP contribution in [0.2, 0.25) is 0 Å². The van der Waals surface area contributed by atoms with Crippen molar-refractivity contribution >= 4 is 16.9 Å². The first-order valence-corrected chi connectivity index (χ1v) is 7.63. The molecule has 17 heavy (non-hydrogen) atoms. The van der Waals surface area contributed by atoms with Crippen molar-refractivity contribution in [2.45, 2.75) is 45.4 Å². The first-order valence-electron chi connectivity index (χ1n) is 6.64. The van der Waals surface area contributed by atoms with Gasteiger partial charge in [0.15, 0.2) is 0 Å². The van der Waals surface area contributed by atoms with Crippen molar-refractivity contribution in [3.05, 3.63) is 12.2 Å². The van der Waals surface area contributed by atoms with E-state index in [0.29, 0.717) is 0 Å². The van der Waals surface area contributed by atoms with E-state index in [4.69, 9.17) is 0 Å². The maximum Gasteiger partial charge on any atom is 0.211 e. The van der Waals surface area contributed by atoms with Crippen molar-refractivity contribution in [2.24, 2.45) is 0 Å². The number of nitrogens with zero attached hydrogens (tertiary/aromatic N) is 1. The molecular formula is C14H27NOS. The van der Waals surface area contributed by atoms with Gasteiger partial charge in [0.05, 0.1) is 0 Å². The van der Waals surface area contributed by atoms with E-state index >= 15 is 0 Å². The Bertz CT molecular complexity index is 214. The quantitative estimate of drug-likeness (QED) is 0.439. The van der Waals surface area contributed by atoms with Crippen molar-refractivity contribution in [3.63, 3.8) is 0 Å². The number of allylic oxidation sites excluding steroid dienone is 1. The second kappa shape index (κ2) is 12.2. The zero-order chi connectivity index (χ0) is 12.9. The molecule has 2 nitrogen and oxygen atoms in total. The van der Waals surface area contributed by atoms with Gasteiger partial charge in [-0.05, 0) is 33.0 Å². The van der Waals surface area contributed by atoms with Gasteiger partial charge in [0, 0.05) is 12.3 Å². The molecular weight excluding hydrogens is 230 g/mol. The Morgan fingerprint density at radius 1 is 1.18 bits per heavy atom. The van der Waals surface area contributed by atoms with Crippen molar-refractivity contribution in [2.75, 3.05) is 26.4 Å². The third kappa shape index (κ3) is 13.7. The number of thioether (sulfide) groups is 1. The normalized spacial score (nSPS) is 11.5. The Hall–Kier alpha value is -0.280. The summed E-state index contributed by atoms with van der Waals surface area (Å²) in [6.45, 7) is 3.19. The topological polar surface area (TPSA) is 20.3 Å². The van der Waals surface area contributed by atoms with Gasteiger partial charge in [0.2, 0.25) is 5.12 Å². The van der Waals surface area contributed by atoms with Crippen LogP contribution in [0.15, 0.2) is 12.2 Å². The van der Waals surface area contributed by atoms with Gasteiger partial charge < -0.3 is 4.90 Å². The number of hydrogen-bond acceptors (Lipinski definition) is 3. The minimum Gasteiger partial charge on any atom is -0.309 e. The standard InChI is InChI=1S/C14H27NOS/c1-4-5-6-7-8-9-10-11-14(16)17-13-12-15(2)3/h10-11H,4-9,12-13H2,1-3H3. The van der Waals surface area contributed by atoms with Gasteiger partial charge in [-0.25, -0.2) is 0 Å². The Morgan fingerprint density at radius 2 is 1.88 bits per heavy atom. The van der Waals surface area contributed by atoms with Gasteiger partial charge in [-0.2, -0.15) is 0 Å². The zero-order valence-electron chi connectivity index (χ0n) is 11.6. The van der Waals surface area contributed by atoms with Crippen molar-refractivity contribution in [1.82, 2.24) is 4.90 Å². The lowest BCUT2D eigenvalue weighted by Crippen LogP contribution is -2.15. The van der Waals surface area contributed by atoms with E-state index in [0.717, 1.165) is 18.7 Å². The molecule has 0 bridgehead atoms. The summed E-state index contributed by atoms with van der Waals surface area (Å²) < 4.78 is 0. The predicted molar refractivity (Wildman–Crippen MR) is 78.5 cm³/mol. The summed E-state index contributed by atoms with van der Waals surface area (Å²) in [6.07, 6.45) is 11.3. The lowest BCUT2D eigenvalue weighted by Gasteiger charge is -2.06. The number of unbranched alkanes of at least 4 members (excludes halogenated alkanes) is 5. The maximum atomic E-state index is 11.4. The summed E-state index contributed by atoms with van der Waals surface area (Å²) >= 11 is 1.41. The highest BCUT2D eigenvalue weighted by Gasteiger charge is 1.97. The number of hydrogen-bond donors (Lipinski definition) is 0. The fourth-order valence-electron chi connectivity index (χ4n) is 1.42. The molecule has 0 spiro atoms. The third-order valence-corrected chi connectivity index (χ3v) is 3.32. The van der Waals surface area contributed by atoms with Crippen LogP contribution in [0.3, 0.4) is 0 Å². The molecule has 100 valence electrons. The van der Waals surface area contributed by atoms with Gasteiger partial charge in [0.25, 0.3) is 0 Å². The van der Waals surface area contributed by atoms with E-state index in [1.165, 1.54) is 43.9 Å². The number of carbonyl (C=O) groups excluding carboxylic acids is 1. The highest BCUT2D eigenvalue weighted by Crippen LogP contribution is 2.07. The first-order chi connectivity index (χ1) is 8.16. The number of carbonyl (C=O) groups is 1. The maximum absolute atomic E-state index is 11.4. The molecule has 0 aliphatic heterocycles. The van der Waals surface area contributed by atoms with Crippen molar-refractivity contribution in [3.8, 4) is 0 Å². The van der Waals surface area contributed by atoms with E-state index in [1.807, 2.05) is 20.2 Å². The Morgan fingerprint density at radius 3 is 2.53 bits per heavy atom. The molecule has 0 aromatic heterocycles. The molecule has 0 heterocycles. The summed E-state index contributed by atoms with van der Waals surface area (Å²) in [6, 6.07) is 0. The molecule has 0 fully saturated rings. The van der Waals surface area contributed by atoms with Crippen LogP contribution in [-0.4, -0.2) is 36.4 Å². The largest absolute Gasteiger partial charge is 0.309 e. The van der Waals surface area contributed by atoms with Crippen molar-refractivity contribution < 1.29 is 4.79 Å². The molecule has 3 heteroatoms. The van der Waals surface area contributed by atoms with Crippen LogP contribution >= 0.6 is 11.8 Å². The van der Waals surface area contributed by atoms with Crippen LogP contribution in [0.1, 0.15) is 45.4 Å². The fourth-order valence-corrected chi connectivity index (χ4v) is 2.27. The second-order valence-electron chi connectivity index (χ2n) is 4.58. The van der Waals surface area contributed by atoms with Crippen LogP contribution in [0.5, 0.6) is 0 Å². The zero-order valence-corrected chi connectivity index (χ0v) is 12.4. The van der Waals surface area contributed by atoms with Crippen LogP contribution in [0.25, 0.3) is 0 Å². The smallest absolute Gasteiger partial charge is 0.211 e. The van der Waals surface area contributed by atoms with E-state index in [-0.39, 0.29) is 5.12 Å². The van der Waals surface area contributed by atoms with Crippen molar-refractivity contribution in [1.29, 1.82) is 0 Å². The Balaban J connectivity index is 3.34. The molecule has 0 saturated heterocycles. The van der Waals surface area contributed by atoms with Crippen LogP contribution in [0, 0.1) is 0 Å². The molecule has 0 unspecified atom stereocenters. The molecule has 0 atom stereocenters. The fraction of sp³-hybridized carbons (Fsp3) is 0.786. The van der Waals surface area contributed by atoms with E-state index in [9.17, 15) is 4.79 Å². The average molecular weight is 257 g/mol. The Kier molecular flexibility index (Phi) is 12.0. The number of rotatable bonds is 10. The third-order valence-electron chi connectivity index (χ3n) is 2.51. The van der Waals surface area contributed by atoms with E-state index in [1.54, 1.807) is 6.08 Å². The average Bonchev–Trinajstić information content (AvgIpc) is 2.27. The molecule has 0 N–H and O–H groups in total. The van der Waals surface area contributed by atoms with Gasteiger partial charge in [0.1, 0.15) is 0 Å². The molecule has 0 rings (SSSR count). The van der Waals surface area contributed by atoms with E-state index in [2.05, 4.69) is 11.8 Å². The van der Waals surface area contributed by atoms with Crippen LogP contribution in [-0.2, 0) is 4.79 Å². The molecule has 0 aliphatic rings. The van der Waals surface area contributed by atoms with Crippen LogP contribution in [0.4, 0.5) is 0 Å². The SMILES string of the molecule is CCCCCCCC=CC(=O)SCCN(C)C. The highest BCUT2D eigenvalue weighted by molar-refractivity contribution is 8.14. The van der Waals surface area contributed by atoms with Crippen LogP contribution < -0.4 is 0 Å². The minimum atomic E-state index is 0.195. The van der Waals surface area contributed by atoms with E-state index < -0.39 is 0 Å². The van der Waals surface area contributed by atoms with Gasteiger partial charge in [-0.3, -0.25) is 4.79 Å². The highest BCUT2D eigenvalue weighted by atomic mass is 32.2. The Labute approximate surface area is 111 Å². The first kappa shape index (κ1) is 16.7. The lowest BCUT2D eigenvalue weighted by atomic mass is 10.1.